The van der Waals surface area contributed by atoms with E-state index in [-0.39, 0.29) is 24.6 Å². The second-order valence-electron chi connectivity index (χ2n) is 14.6. The Morgan fingerprint density at radius 3 is 2.35 bits per heavy atom. The number of piperidine rings is 1. The lowest BCUT2D eigenvalue weighted by Gasteiger charge is -2.61. The van der Waals surface area contributed by atoms with E-state index >= 15 is 0 Å². The molecule has 12 heteroatoms. The summed E-state index contributed by atoms with van der Waals surface area (Å²) >= 11 is 0. The van der Waals surface area contributed by atoms with Crippen molar-refractivity contribution in [2.45, 2.75) is 121 Å². The molecule has 0 aromatic heterocycles. The first-order chi connectivity index (χ1) is 21.4. The summed E-state index contributed by atoms with van der Waals surface area (Å²) in [6.07, 6.45) is -0.436. The van der Waals surface area contributed by atoms with Crippen LogP contribution in [-0.4, -0.2) is 89.6 Å². The lowest BCUT2D eigenvalue weighted by molar-refractivity contribution is -0.181. The highest BCUT2D eigenvalue weighted by atomic mass is 16.6. The maximum atomic E-state index is 13.1. The third-order valence-electron chi connectivity index (χ3n) is 9.04. The van der Waals surface area contributed by atoms with Crippen LogP contribution in [0.3, 0.4) is 0 Å². The van der Waals surface area contributed by atoms with Gasteiger partial charge in [0.15, 0.2) is 17.6 Å². The zero-order valence-corrected chi connectivity index (χ0v) is 27.9. The van der Waals surface area contributed by atoms with Crippen molar-refractivity contribution in [3.05, 3.63) is 35.1 Å². The summed E-state index contributed by atoms with van der Waals surface area (Å²) in [6.45, 7) is 10.7. The lowest BCUT2D eigenvalue weighted by Crippen LogP contribution is -2.74. The standard InChI is InChI=1S/C34H45NO11/c1-31(2,3)45-26(38)18-22(30(39)46-32(4,5)6)43-25(37)12-11-24(36)42-21-13-14-34(40)23-17-19-9-10-20(41-8)28-27(19)33(34,29(21)44-28)15-16-35(23)7/h9-10,13,22-23,29,40H,11-12,14-18H2,1-8H3/t22-,23-,29-,33-,34+/m0/s1. The molecule has 2 bridgehead atoms. The van der Waals surface area contributed by atoms with E-state index in [1.807, 2.05) is 19.2 Å². The van der Waals surface area contributed by atoms with Crippen LogP contribution in [0, 0.1) is 0 Å². The molecule has 0 amide bonds. The van der Waals surface area contributed by atoms with Crippen LogP contribution in [0.15, 0.2) is 24.0 Å². The van der Waals surface area contributed by atoms with Crippen molar-refractivity contribution in [2.24, 2.45) is 0 Å². The SMILES string of the molecule is COc1ccc2c3c1O[C@H]1C(OC(=O)CCC(=O)O[C@@H](CC(=O)OC(C)(C)C)C(=O)OC(C)(C)C)=CC[C@@]4(O)[C@H](C2)N(C)CC[C@]314. The van der Waals surface area contributed by atoms with Crippen molar-refractivity contribution < 1.29 is 52.7 Å². The van der Waals surface area contributed by atoms with Gasteiger partial charge in [-0.15, -0.1) is 0 Å². The van der Waals surface area contributed by atoms with Crippen LogP contribution in [0.2, 0.25) is 0 Å². The number of carbonyl (C=O) groups is 4. The molecule has 1 saturated heterocycles. The fourth-order valence-corrected chi connectivity index (χ4v) is 7.27. The number of aliphatic hydroxyl groups is 1. The Hall–Kier alpha value is -3.64. The normalized spacial score (nSPS) is 26.9. The maximum Gasteiger partial charge on any atom is 0.348 e. The van der Waals surface area contributed by atoms with Gasteiger partial charge < -0.3 is 38.4 Å². The van der Waals surface area contributed by atoms with Gasteiger partial charge in [0.1, 0.15) is 17.0 Å². The monoisotopic (exact) mass is 643 g/mol. The van der Waals surface area contributed by atoms with Crippen molar-refractivity contribution in [1.29, 1.82) is 0 Å². The number of nitrogens with zero attached hydrogens (tertiary/aromatic N) is 1. The number of ether oxygens (including phenoxy) is 6. The molecular formula is C34H45NO11. The average molecular weight is 644 g/mol. The third-order valence-corrected chi connectivity index (χ3v) is 9.04. The van der Waals surface area contributed by atoms with Crippen LogP contribution in [0.25, 0.3) is 0 Å². The Bertz CT molecular complexity index is 1450. The van der Waals surface area contributed by atoms with Crippen molar-refractivity contribution in [3.8, 4) is 11.5 Å². The number of methoxy groups -OCH3 is 1. The van der Waals surface area contributed by atoms with E-state index in [0.29, 0.717) is 24.3 Å². The van der Waals surface area contributed by atoms with E-state index in [1.165, 1.54) is 0 Å². The van der Waals surface area contributed by atoms with Gasteiger partial charge in [0.05, 0.1) is 37.4 Å². The number of likely N-dealkylation sites (tertiary alicyclic amines) is 1. The van der Waals surface area contributed by atoms with Crippen LogP contribution in [0.5, 0.6) is 11.5 Å². The minimum atomic E-state index is -1.55. The first-order valence-corrected chi connectivity index (χ1v) is 15.7. The fourth-order valence-electron chi connectivity index (χ4n) is 7.27. The van der Waals surface area contributed by atoms with Gasteiger partial charge in [0, 0.05) is 18.0 Å². The van der Waals surface area contributed by atoms with Crippen LogP contribution in [0.1, 0.15) is 84.8 Å². The molecule has 0 saturated carbocycles. The molecule has 0 radical (unpaired) electrons. The lowest BCUT2D eigenvalue weighted by atomic mass is 9.50. The van der Waals surface area contributed by atoms with Gasteiger partial charge in [0.25, 0.3) is 0 Å². The van der Waals surface area contributed by atoms with Crippen LogP contribution in [-0.2, 0) is 50.0 Å². The van der Waals surface area contributed by atoms with Gasteiger partial charge in [-0.05, 0) is 85.7 Å². The van der Waals surface area contributed by atoms with Crippen molar-refractivity contribution in [3.63, 3.8) is 0 Å². The van der Waals surface area contributed by atoms with Gasteiger partial charge in [-0.2, -0.15) is 0 Å². The molecule has 1 spiro atoms. The molecule has 1 fully saturated rings. The Morgan fingerprint density at radius 2 is 1.70 bits per heavy atom. The molecule has 5 rings (SSSR count). The Labute approximate surface area is 269 Å². The molecule has 4 aliphatic rings. The highest BCUT2D eigenvalue weighted by molar-refractivity contribution is 5.85. The predicted molar refractivity (Wildman–Crippen MR) is 163 cm³/mol. The number of hydrogen-bond acceptors (Lipinski definition) is 12. The van der Waals surface area contributed by atoms with E-state index in [4.69, 9.17) is 28.4 Å². The smallest absolute Gasteiger partial charge is 0.348 e. The fraction of sp³-hybridized carbons (Fsp3) is 0.647. The number of hydrogen-bond donors (Lipinski definition) is 1. The largest absolute Gasteiger partial charge is 0.493 e. The molecule has 12 nitrogen and oxygen atoms in total. The summed E-state index contributed by atoms with van der Waals surface area (Å²) in [7, 11) is 3.57. The van der Waals surface area contributed by atoms with Crippen molar-refractivity contribution in [1.82, 2.24) is 4.90 Å². The Kier molecular flexibility index (Phi) is 8.70. The average Bonchev–Trinajstić information content (AvgIpc) is 3.29. The van der Waals surface area contributed by atoms with Gasteiger partial charge in [-0.3, -0.25) is 14.4 Å². The molecule has 1 N–H and O–H groups in total. The molecule has 1 aromatic rings. The quantitative estimate of drug-likeness (QED) is 0.311. The topological polar surface area (TPSA) is 147 Å². The second-order valence-corrected chi connectivity index (χ2v) is 14.6. The summed E-state index contributed by atoms with van der Waals surface area (Å²) in [5.74, 6) is -1.86. The van der Waals surface area contributed by atoms with Crippen LogP contribution < -0.4 is 9.47 Å². The molecule has 2 aliphatic carbocycles. The highest BCUT2D eigenvalue weighted by Crippen LogP contribution is 2.65. The van der Waals surface area contributed by atoms with E-state index in [1.54, 1.807) is 54.7 Å². The first-order valence-electron chi connectivity index (χ1n) is 15.7. The van der Waals surface area contributed by atoms with Crippen molar-refractivity contribution >= 4 is 23.9 Å². The summed E-state index contributed by atoms with van der Waals surface area (Å²) < 4.78 is 33.9. The van der Waals surface area contributed by atoms with E-state index in [2.05, 4.69) is 4.90 Å². The van der Waals surface area contributed by atoms with Crippen molar-refractivity contribution in [2.75, 3.05) is 20.7 Å². The molecule has 1 aromatic carbocycles. The Balaban J connectivity index is 1.28. The molecule has 0 unspecified atom stereocenters. The molecular weight excluding hydrogens is 598 g/mol. The van der Waals surface area contributed by atoms with Gasteiger partial charge in [-0.1, -0.05) is 6.07 Å². The predicted octanol–water partition coefficient (Wildman–Crippen LogP) is 3.28. The van der Waals surface area contributed by atoms with E-state index in [0.717, 1.165) is 17.7 Å². The second kappa shape index (κ2) is 11.9. The number of rotatable bonds is 9. The number of likely N-dealkylation sites (N-methyl/N-ethyl adjacent to an activating group) is 1. The Morgan fingerprint density at radius 1 is 1.02 bits per heavy atom. The third kappa shape index (κ3) is 6.09. The first kappa shape index (κ1) is 33.7. The van der Waals surface area contributed by atoms with Gasteiger partial charge >= 0.3 is 23.9 Å². The molecule has 46 heavy (non-hydrogen) atoms. The van der Waals surface area contributed by atoms with E-state index in [9.17, 15) is 24.3 Å². The molecule has 252 valence electrons. The number of carbonyl (C=O) groups excluding carboxylic acids is 4. The molecule has 2 heterocycles. The summed E-state index contributed by atoms with van der Waals surface area (Å²) in [5, 5.41) is 12.3. The molecule has 2 aliphatic heterocycles. The zero-order chi connectivity index (χ0) is 33.8. The minimum Gasteiger partial charge on any atom is -0.493 e. The van der Waals surface area contributed by atoms with Crippen LogP contribution >= 0.6 is 0 Å². The zero-order valence-electron chi connectivity index (χ0n) is 27.9. The van der Waals surface area contributed by atoms with Crippen LogP contribution in [0.4, 0.5) is 0 Å². The van der Waals surface area contributed by atoms with Gasteiger partial charge in [0.2, 0.25) is 6.10 Å². The number of benzene rings is 1. The minimum absolute atomic E-state index is 0.152. The summed E-state index contributed by atoms with van der Waals surface area (Å²) in [4.78, 5) is 53.3. The molecule has 5 atom stereocenters. The van der Waals surface area contributed by atoms with E-state index < -0.39 is 71.1 Å². The number of esters is 4. The maximum absolute atomic E-state index is 13.1. The van der Waals surface area contributed by atoms with Gasteiger partial charge in [-0.25, -0.2) is 4.79 Å². The summed E-state index contributed by atoms with van der Waals surface area (Å²) in [6, 6.07) is 3.72. The summed E-state index contributed by atoms with van der Waals surface area (Å²) in [5.41, 5.74) is -1.71. The highest BCUT2D eigenvalue weighted by Gasteiger charge is 2.72.